The molecule has 10 nitrogen and oxygen atoms in total. The highest BCUT2D eigenvalue weighted by Gasteiger charge is 2.48. The van der Waals surface area contributed by atoms with Gasteiger partial charge in [0.05, 0.1) is 37.1 Å². The Hall–Kier alpha value is -2.82. The van der Waals surface area contributed by atoms with Gasteiger partial charge in [0.2, 0.25) is 5.95 Å². The predicted molar refractivity (Wildman–Crippen MR) is 126 cm³/mol. The molecule has 33 heavy (non-hydrogen) atoms. The molecule has 0 aromatic carbocycles. The van der Waals surface area contributed by atoms with Gasteiger partial charge in [0, 0.05) is 44.2 Å². The maximum atomic E-state index is 5.68. The molecule has 4 N–H and O–H groups in total. The fourth-order valence-corrected chi connectivity index (χ4v) is 5.26. The Labute approximate surface area is 193 Å². The predicted octanol–water partition coefficient (Wildman–Crippen LogP) is 2.28. The lowest BCUT2D eigenvalue weighted by Crippen LogP contribution is -2.65. The van der Waals surface area contributed by atoms with E-state index < -0.39 is 0 Å². The van der Waals surface area contributed by atoms with E-state index in [4.69, 9.17) is 15.5 Å². The summed E-state index contributed by atoms with van der Waals surface area (Å²) in [5.41, 5.74) is 9.69. The van der Waals surface area contributed by atoms with Crippen molar-refractivity contribution in [2.45, 2.75) is 38.3 Å². The van der Waals surface area contributed by atoms with E-state index in [2.05, 4.69) is 47.2 Å². The van der Waals surface area contributed by atoms with Crippen LogP contribution in [0.4, 0.5) is 17.5 Å². The molecule has 0 unspecified atom stereocenters. The van der Waals surface area contributed by atoms with Gasteiger partial charge in [-0.05, 0) is 25.0 Å². The molecule has 3 aromatic rings. The molecular formula is C23H31N9O. The van der Waals surface area contributed by atoms with Gasteiger partial charge < -0.3 is 25.7 Å². The lowest BCUT2D eigenvalue weighted by molar-refractivity contribution is -0.191. The SMILES string of the molecule is NCCNc1nc(Nc2ccc(CN3CC4(COC4)C3)nc2)c2ncn(C3CCCC3)c2n1. The van der Waals surface area contributed by atoms with Crippen molar-refractivity contribution < 1.29 is 4.74 Å². The standard InChI is InChI=1S/C23H31N9O/c24-7-8-25-22-29-20(19-21(30-22)32(15-27-19)18-3-1-2-4-18)28-16-5-6-17(26-9-16)10-31-11-23(12-31)13-33-14-23/h5-6,9,15,18H,1-4,7-8,10-14,24H2,(H2,25,28,29,30). The molecule has 6 rings (SSSR count). The number of hydrogen-bond donors (Lipinski definition) is 3. The Morgan fingerprint density at radius 3 is 2.67 bits per heavy atom. The van der Waals surface area contributed by atoms with Crippen LogP contribution < -0.4 is 16.4 Å². The Balaban J connectivity index is 1.21. The number of fused-ring (bicyclic) bond motifs is 1. The van der Waals surface area contributed by atoms with Crippen LogP contribution in [0.1, 0.15) is 37.4 Å². The van der Waals surface area contributed by atoms with E-state index in [0.717, 1.165) is 55.4 Å². The first-order chi connectivity index (χ1) is 16.2. The quantitative estimate of drug-likeness (QED) is 0.476. The Morgan fingerprint density at radius 1 is 1.12 bits per heavy atom. The van der Waals surface area contributed by atoms with E-state index >= 15 is 0 Å². The number of hydrogen-bond acceptors (Lipinski definition) is 9. The van der Waals surface area contributed by atoms with Gasteiger partial charge >= 0.3 is 0 Å². The van der Waals surface area contributed by atoms with Gasteiger partial charge in [0.1, 0.15) is 0 Å². The average molecular weight is 450 g/mol. The zero-order valence-corrected chi connectivity index (χ0v) is 18.8. The summed E-state index contributed by atoms with van der Waals surface area (Å²) in [7, 11) is 0. The maximum Gasteiger partial charge on any atom is 0.226 e. The number of anilines is 3. The van der Waals surface area contributed by atoms with Crippen molar-refractivity contribution in [1.29, 1.82) is 0 Å². The van der Waals surface area contributed by atoms with E-state index in [0.29, 0.717) is 36.3 Å². The Kier molecular flexibility index (Phi) is 5.35. The van der Waals surface area contributed by atoms with Crippen LogP contribution in [0.5, 0.6) is 0 Å². The number of nitrogens with one attached hydrogen (secondary N) is 2. The molecule has 0 bridgehead atoms. The molecule has 3 fully saturated rings. The normalized spacial score (nSPS) is 20.2. The van der Waals surface area contributed by atoms with E-state index in [-0.39, 0.29) is 0 Å². The summed E-state index contributed by atoms with van der Waals surface area (Å²) in [4.78, 5) is 21.2. The van der Waals surface area contributed by atoms with Crippen LogP contribution in [0.25, 0.3) is 11.2 Å². The monoisotopic (exact) mass is 449 g/mol. The molecule has 0 amide bonds. The Morgan fingerprint density at radius 2 is 1.97 bits per heavy atom. The molecule has 3 aromatic heterocycles. The summed E-state index contributed by atoms with van der Waals surface area (Å²) in [5, 5.41) is 6.64. The summed E-state index contributed by atoms with van der Waals surface area (Å²) in [6.45, 7) is 6.04. The minimum atomic E-state index is 0.428. The van der Waals surface area contributed by atoms with Crippen LogP contribution in [0.3, 0.4) is 0 Å². The fourth-order valence-electron chi connectivity index (χ4n) is 5.26. The van der Waals surface area contributed by atoms with E-state index in [1.54, 1.807) is 0 Å². The Bertz CT molecular complexity index is 1110. The summed E-state index contributed by atoms with van der Waals surface area (Å²) >= 11 is 0. The van der Waals surface area contributed by atoms with Crippen molar-refractivity contribution in [3.63, 3.8) is 0 Å². The van der Waals surface area contributed by atoms with Gasteiger partial charge in [-0.3, -0.25) is 9.88 Å². The maximum absolute atomic E-state index is 5.68. The lowest BCUT2D eigenvalue weighted by Gasteiger charge is -2.55. The lowest BCUT2D eigenvalue weighted by atomic mass is 9.78. The van der Waals surface area contributed by atoms with Gasteiger partial charge in [0.25, 0.3) is 0 Å². The molecule has 0 atom stereocenters. The van der Waals surface area contributed by atoms with Crippen LogP contribution in [0.2, 0.25) is 0 Å². The van der Waals surface area contributed by atoms with E-state index in [1.807, 2.05) is 12.5 Å². The number of nitrogens with two attached hydrogens (primary N) is 1. The van der Waals surface area contributed by atoms with Gasteiger partial charge in [0.15, 0.2) is 17.0 Å². The van der Waals surface area contributed by atoms with Crippen molar-refractivity contribution >= 4 is 28.6 Å². The number of aromatic nitrogens is 5. The van der Waals surface area contributed by atoms with Crippen LogP contribution in [-0.4, -0.2) is 68.8 Å². The molecule has 1 saturated carbocycles. The first-order valence-corrected chi connectivity index (χ1v) is 11.9. The molecule has 5 heterocycles. The number of ether oxygens (including phenoxy) is 1. The van der Waals surface area contributed by atoms with E-state index in [1.165, 1.54) is 25.7 Å². The zero-order valence-electron chi connectivity index (χ0n) is 18.8. The molecule has 2 aliphatic heterocycles. The second-order valence-electron chi connectivity index (χ2n) is 9.67. The van der Waals surface area contributed by atoms with Crippen LogP contribution in [-0.2, 0) is 11.3 Å². The highest BCUT2D eigenvalue weighted by atomic mass is 16.5. The topological polar surface area (TPSA) is 119 Å². The minimum Gasteiger partial charge on any atom is -0.380 e. The molecule has 1 aliphatic carbocycles. The number of imidazole rings is 1. The third-order valence-electron chi connectivity index (χ3n) is 6.97. The minimum absolute atomic E-state index is 0.428. The zero-order chi connectivity index (χ0) is 22.3. The second kappa shape index (κ2) is 8.51. The van der Waals surface area contributed by atoms with Crippen molar-refractivity contribution in [2.24, 2.45) is 11.1 Å². The molecule has 1 spiro atoms. The number of pyridine rings is 1. The molecule has 174 valence electrons. The fraction of sp³-hybridized carbons (Fsp3) is 0.565. The molecule has 2 saturated heterocycles. The molecular weight excluding hydrogens is 418 g/mol. The first-order valence-electron chi connectivity index (χ1n) is 11.9. The average Bonchev–Trinajstić information content (AvgIpc) is 3.44. The van der Waals surface area contributed by atoms with E-state index in [9.17, 15) is 0 Å². The molecule has 3 aliphatic rings. The molecule has 0 radical (unpaired) electrons. The van der Waals surface area contributed by atoms with Crippen molar-refractivity contribution in [2.75, 3.05) is 50.0 Å². The van der Waals surface area contributed by atoms with Crippen molar-refractivity contribution in [1.82, 2.24) is 29.4 Å². The summed E-state index contributed by atoms with van der Waals surface area (Å²) in [5.74, 6) is 1.24. The summed E-state index contributed by atoms with van der Waals surface area (Å²) < 4.78 is 7.57. The largest absolute Gasteiger partial charge is 0.380 e. The first kappa shape index (κ1) is 20.8. The molecule has 10 heteroatoms. The number of rotatable bonds is 8. The van der Waals surface area contributed by atoms with Gasteiger partial charge in [-0.1, -0.05) is 12.8 Å². The van der Waals surface area contributed by atoms with Crippen LogP contribution in [0.15, 0.2) is 24.7 Å². The number of likely N-dealkylation sites (tertiary alicyclic amines) is 1. The summed E-state index contributed by atoms with van der Waals surface area (Å²) in [6.07, 6.45) is 8.61. The van der Waals surface area contributed by atoms with Gasteiger partial charge in [-0.25, -0.2) is 4.98 Å². The van der Waals surface area contributed by atoms with Crippen LogP contribution >= 0.6 is 0 Å². The van der Waals surface area contributed by atoms with Crippen molar-refractivity contribution in [3.8, 4) is 0 Å². The number of nitrogens with zero attached hydrogens (tertiary/aromatic N) is 6. The van der Waals surface area contributed by atoms with Crippen LogP contribution in [0, 0.1) is 5.41 Å². The third-order valence-corrected chi connectivity index (χ3v) is 6.97. The highest BCUT2D eigenvalue weighted by Crippen LogP contribution is 2.38. The summed E-state index contributed by atoms with van der Waals surface area (Å²) in [6, 6.07) is 4.58. The second-order valence-corrected chi connectivity index (χ2v) is 9.67. The van der Waals surface area contributed by atoms with Gasteiger partial charge in [-0.2, -0.15) is 9.97 Å². The van der Waals surface area contributed by atoms with Gasteiger partial charge in [-0.15, -0.1) is 0 Å². The van der Waals surface area contributed by atoms with Crippen molar-refractivity contribution in [3.05, 3.63) is 30.4 Å². The third kappa shape index (κ3) is 4.03. The smallest absolute Gasteiger partial charge is 0.226 e. The highest BCUT2D eigenvalue weighted by molar-refractivity contribution is 5.86.